The van der Waals surface area contributed by atoms with Crippen LogP contribution >= 0.6 is 0 Å². The monoisotopic (exact) mass is 457 g/mol. The van der Waals surface area contributed by atoms with Crippen LogP contribution in [0.1, 0.15) is 44.8 Å². The van der Waals surface area contributed by atoms with Crippen molar-refractivity contribution in [2.75, 3.05) is 38.1 Å². The summed E-state index contributed by atoms with van der Waals surface area (Å²) in [4.78, 5) is 29.2. The summed E-state index contributed by atoms with van der Waals surface area (Å²) in [6, 6.07) is 20.6. The van der Waals surface area contributed by atoms with Gasteiger partial charge in [0, 0.05) is 37.4 Å². The molecule has 1 amide bonds. The van der Waals surface area contributed by atoms with Crippen molar-refractivity contribution in [2.24, 2.45) is 0 Å². The number of rotatable bonds is 6. The first-order valence-corrected chi connectivity index (χ1v) is 11.6. The number of carbonyl (C=O) groups is 2. The van der Waals surface area contributed by atoms with Crippen molar-refractivity contribution in [3.63, 3.8) is 0 Å². The van der Waals surface area contributed by atoms with E-state index in [1.54, 1.807) is 18.2 Å². The summed E-state index contributed by atoms with van der Waals surface area (Å²) in [5.74, 6) is -1.05. The van der Waals surface area contributed by atoms with E-state index in [9.17, 15) is 14.7 Å². The van der Waals surface area contributed by atoms with Gasteiger partial charge < -0.3 is 20.2 Å². The number of amides is 1. The highest BCUT2D eigenvalue weighted by atomic mass is 16.4. The van der Waals surface area contributed by atoms with Crippen LogP contribution in [0.2, 0.25) is 0 Å². The highest BCUT2D eigenvalue weighted by molar-refractivity contribution is 5.97. The number of carbonyl (C=O) groups excluding carboxylic acids is 1. The van der Waals surface area contributed by atoms with Crippen molar-refractivity contribution >= 4 is 17.6 Å². The Hall–Kier alpha value is -3.64. The van der Waals surface area contributed by atoms with Gasteiger partial charge in [-0.2, -0.15) is 0 Å². The maximum absolute atomic E-state index is 13.2. The summed E-state index contributed by atoms with van der Waals surface area (Å²) < 4.78 is 0. The summed E-state index contributed by atoms with van der Waals surface area (Å²) in [5, 5.41) is 12.4. The maximum atomic E-state index is 13.2. The molecule has 0 spiro atoms. The van der Waals surface area contributed by atoms with E-state index in [2.05, 4.69) is 28.2 Å². The van der Waals surface area contributed by atoms with Crippen LogP contribution in [-0.4, -0.2) is 55.1 Å². The fraction of sp³-hybridized carbons (Fsp3) is 0.286. The Morgan fingerprint density at radius 1 is 0.912 bits per heavy atom. The number of hydrogen-bond acceptors (Lipinski definition) is 4. The Balaban J connectivity index is 1.51. The lowest BCUT2D eigenvalue weighted by Crippen LogP contribution is -2.44. The van der Waals surface area contributed by atoms with E-state index in [1.165, 1.54) is 0 Å². The lowest BCUT2D eigenvalue weighted by atomic mass is 9.98. The van der Waals surface area contributed by atoms with E-state index in [0.29, 0.717) is 5.56 Å². The van der Waals surface area contributed by atoms with Crippen LogP contribution in [-0.2, 0) is 0 Å². The molecule has 176 valence electrons. The number of carboxylic acid groups (broad SMARTS) is 1. The molecule has 0 saturated carbocycles. The normalized spacial score (nSPS) is 15.1. The Bertz CT molecular complexity index is 1200. The quantitative estimate of drug-likeness (QED) is 0.566. The van der Waals surface area contributed by atoms with Crippen LogP contribution in [0.15, 0.2) is 66.7 Å². The number of carboxylic acids is 1. The van der Waals surface area contributed by atoms with Gasteiger partial charge in [-0.05, 0) is 73.5 Å². The number of benzene rings is 3. The second-order valence-corrected chi connectivity index (χ2v) is 9.00. The Morgan fingerprint density at radius 2 is 1.59 bits per heavy atom. The molecule has 0 bridgehead atoms. The predicted octanol–water partition coefficient (Wildman–Crippen LogP) is 4.60. The summed E-state index contributed by atoms with van der Waals surface area (Å²) >= 11 is 0. The van der Waals surface area contributed by atoms with Crippen LogP contribution in [0.25, 0.3) is 11.1 Å². The Kier molecular flexibility index (Phi) is 6.98. The Labute approximate surface area is 200 Å². The van der Waals surface area contributed by atoms with Gasteiger partial charge in [-0.1, -0.05) is 36.4 Å². The van der Waals surface area contributed by atoms with E-state index in [0.717, 1.165) is 54.1 Å². The zero-order valence-corrected chi connectivity index (χ0v) is 19.9. The van der Waals surface area contributed by atoms with Crippen molar-refractivity contribution in [2.45, 2.75) is 19.9 Å². The van der Waals surface area contributed by atoms with Crippen LogP contribution in [0.5, 0.6) is 0 Å². The number of hydrogen-bond donors (Lipinski definition) is 2. The molecule has 3 aromatic carbocycles. The van der Waals surface area contributed by atoms with Crippen LogP contribution in [0, 0.1) is 6.92 Å². The molecular formula is C28H31N3O3. The van der Waals surface area contributed by atoms with E-state index < -0.39 is 5.97 Å². The van der Waals surface area contributed by atoms with Gasteiger partial charge in [0.15, 0.2) is 0 Å². The van der Waals surface area contributed by atoms with Gasteiger partial charge in [0.2, 0.25) is 0 Å². The first-order valence-electron chi connectivity index (χ1n) is 11.6. The number of likely N-dealkylation sites (N-methyl/N-ethyl adjacent to an activating group) is 1. The molecule has 1 fully saturated rings. The third-order valence-corrected chi connectivity index (χ3v) is 6.51. The molecule has 4 rings (SSSR count). The first-order chi connectivity index (χ1) is 16.3. The standard InChI is InChI=1S/C28H31N3O3/c1-19-10-11-25(31-14-12-30(3)13-15-31)18-26(19)27(32)29-20(2)21-6-4-7-22(16-21)23-8-5-9-24(17-23)28(33)34/h4-11,16-18,20H,12-15H2,1-3H3,(H,29,32)(H,33,34). The third kappa shape index (κ3) is 5.29. The highest BCUT2D eigenvalue weighted by Gasteiger charge is 2.18. The molecule has 6 heteroatoms. The van der Waals surface area contributed by atoms with Crippen molar-refractivity contribution in [1.82, 2.24) is 10.2 Å². The van der Waals surface area contributed by atoms with Crippen molar-refractivity contribution in [3.8, 4) is 11.1 Å². The minimum Gasteiger partial charge on any atom is -0.478 e. The van der Waals surface area contributed by atoms with Gasteiger partial charge in [0.25, 0.3) is 5.91 Å². The van der Waals surface area contributed by atoms with Gasteiger partial charge in [-0.3, -0.25) is 4.79 Å². The summed E-state index contributed by atoms with van der Waals surface area (Å²) in [5.41, 5.74) is 5.66. The first kappa shape index (κ1) is 23.5. The zero-order valence-electron chi connectivity index (χ0n) is 19.9. The zero-order chi connectivity index (χ0) is 24.2. The topological polar surface area (TPSA) is 72.9 Å². The van der Waals surface area contributed by atoms with Gasteiger partial charge >= 0.3 is 5.97 Å². The van der Waals surface area contributed by atoms with Crippen LogP contribution in [0.4, 0.5) is 5.69 Å². The van der Waals surface area contributed by atoms with Gasteiger partial charge in [-0.25, -0.2) is 4.79 Å². The molecule has 1 aliphatic heterocycles. The molecule has 34 heavy (non-hydrogen) atoms. The predicted molar refractivity (Wildman–Crippen MR) is 136 cm³/mol. The summed E-state index contributed by atoms with van der Waals surface area (Å²) in [6.45, 7) is 7.85. The van der Waals surface area contributed by atoms with E-state index >= 15 is 0 Å². The largest absolute Gasteiger partial charge is 0.478 e. The maximum Gasteiger partial charge on any atom is 0.335 e. The Morgan fingerprint density at radius 3 is 2.29 bits per heavy atom. The van der Waals surface area contributed by atoms with Gasteiger partial charge in [-0.15, -0.1) is 0 Å². The van der Waals surface area contributed by atoms with Crippen molar-refractivity contribution in [1.29, 1.82) is 0 Å². The molecule has 1 saturated heterocycles. The fourth-order valence-electron chi connectivity index (χ4n) is 4.29. The highest BCUT2D eigenvalue weighted by Crippen LogP contribution is 2.25. The average Bonchev–Trinajstić information content (AvgIpc) is 2.85. The second-order valence-electron chi connectivity index (χ2n) is 9.00. The van der Waals surface area contributed by atoms with Gasteiger partial charge in [0.1, 0.15) is 0 Å². The molecule has 2 N–H and O–H groups in total. The van der Waals surface area contributed by atoms with Crippen molar-refractivity contribution in [3.05, 3.63) is 89.0 Å². The fourth-order valence-corrected chi connectivity index (χ4v) is 4.29. The molecule has 0 radical (unpaired) electrons. The molecular weight excluding hydrogens is 426 g/mol. The van der Waals surface area contributed by atoms with Crippen LogP contribution < -0.4 is 10.2 Å². The number of piperazine rings is 1. The second kappa shape index (κ2) is 10.1. The molecule has 1 atom stereocenters. The molecule has 0 aliphatic carbocycles. The number of nitrogens with one attached hydrogen (secondary N) is 1. The summed E-state index contributed by atoms with van der Waals surface area (Å²) in [7, 11) is 2.13. The lowest BCUT2D eigenvalue weighted by molar-refractivity contribution is 0.0696. The third-order valence-electron chi connectivity index (χ3n) is 6.51. The molecule has 1 unspecified atom stereocenters. The molecule has 3 aromatic rings. The molecule has 1 heterocycles. The number of anilines is 1. The number of nitrogens with zero attached hydrogens (tertiary/aromatic N) is 2. The molecule has 1 aliphatic rings. The van der Waals surface area contributed by atoms with Crippen molar-refractivity contribution < 1.29 is 14.7 Å². The summed E-state index contributed by atoms with van der Waals surface area (Å²) in [6.07, 6.45) is 0. The van der Waals surface area contributed by atoms with E-state index in [1.807, 2.05) is 56.3 Å². The average molecular weight is 458 g/mol. The van der Waals surface area contributed by atoms with Crippen LogP contribution in [0.3, 0.4) is 0 Å². The minimum absolute atomic E-state index is 0.0979. The lowest BCUT2D eigenvalue weighted by Gasteiger charge is -2.34. The SMILES string of the molecule is Cc1ccc(N2CCN(C)CC2)cc1C(=O)NC(C)c1cccc(-c2cccc(C(=O)O)c2)c1. The number of aromatic carboxylic acids is 1. The van der Waals surface area contributed by atoms with E-state index in [4.69, 9.17) is 0 Å². The van der Waals surface area contributed by atoms with E-state index in [-0.39, 0.29) is 17.5 Å². The molecule has 6 nitrogen and oxygen atoms in total. The smallest absolute Gasteiger partial charge is 0.335 e. The minimum atomic E-state index is -0.951. The van der Waals surface area contributed by atoms with Gasteiger partial charge in [0.05, 0.1) is 11.6 Å². The number of aryl methyl sites for hydroxylation is 1. The molecule has 0 aromatic heterocycles.